The minimum Gasteiger partial charge on any atom is -0.357 e. The van der Waals surface area contributed by atoms with Crippen LogP contribution in [0.15, 0.2) is 0 Å². The normalized spacial score (nSPS) is 7.67. The second-order valence-corrected chi connectivity index (χ2v) is 2.17. The first-order valence-corrected chi connectivity index (χ1v) is 4.03. The smallest absolute Gasteiger partial charge is 0.216 e. The lowest BCUT2D eigenvalue weighted by molar-refractivity contribution is -0.119. The van der Waals surface area contributed by atoms with Crippen molar-refractivity contribution >= 4 is 11.8 Å². The van der Waals surface area contributed by atoms with Crippen LogP contribution in [-0.2, 0) is 9.59 Å². The highest BCUT2D eigenvalue weighted by Gasteiger charge is 1.79. The molecule has 0 unspecified atom stereocenters. The van der Waals surface area contributed by atoms with Crippen molar-refractivity contribution < 1.29 is 9.59 Å². The number of hydrogen-bond acceptors (Lipinski definition) is 2. The first-order valence-electron chi connectivity index (χ1n) is 4.03. The summed E-state index contributed by atoms with van der Waals surface area (Å²) in [5.41, 5.74) is 0. The molecule has 0 aromatic rings. The molecule has 0 saturated heterocycles. The third kappa shape index (κ3) is 23.1. The van der Waals surface area contributed by atoms with Crippen molar-refractivity contribution in [2.45, 2.75) is 27.7 Å². The van der Waals surface area contributed by atoms with Gasteiger partial charge in [0.2, 0.25) is 11.8 Å². The molecule has 0 radical (unpaired) electrons. The van der Waals surface area contributed by atoms with Crippen molar-refractivity contribution in [3.8, 4) is 0 Å². The van der Waals surface area contributed by atoms with E-state index in [-0.39, 0.29) is 11.8 Å². The van der Waals surface area contributed by atoms with E-state index in [1.165, 1.54) is 13.8 Å². The van der Waals surface area contributed by atoms with Crippen molar-refractivity contribution in [1.82, 2.24) is 10.6 Å². The Morgan fingerprint density at radius 2 is 1.17 bits per heavy atom. The topological polar surface area (TPSA) is 58.2 Å². The molecule has 0 fully saturated rings. The SMILES string of the molecule is CCNC(C)=O.CCNC(C)=O. The third-order valence-electron chi connectivity index (χ3n) is 0.851. The lowest BCUT2D eigenvalue weighted by Crippen LogP contribution is -2.18. The molecule has 72 valence electrons. The summed E-state index contributed by atoms with van der Waals surface area (Å²) in [6.07, 6.45) is 0. The molecule has 4 heteroatoms. The Kier molecular flexibility index (Phi) is 11.2. The Bertz CT molecular complexity index is 119. The zero-order valence-corrected chi connectivity index (χ0v) is 8.23. The van der Waals surface area contributed by atoms with Gasteiger partial charge in [0.1, 0.15) is 0 Å². The highest BCUT2D eigenvalue weighted by atomic mass is 16.1. The summed E-state index contributed by atoms with van der Waals surface area (Å²) in [5.74, 6) is 0.0787. The Hall–Kier alpha value is -1.06. The first kappa shape index (κ1) is 13.5. The molecule has 0 atom stereocenters. The first-order chi connectivity index (χ1) is 5.54. The van der Waals surface area contributed by atoms with Crippen molar-refractivity contribution in [3.05, 3.63) is 0 Å². The standard InChI is InChI=1S/2C4H9NO/c2*1-3-5-4(2)6/h2*3H2,1-2H3,(H,5,6). The fourth-order valence-corrected chi connectivity index (χ4v) is 0.498. The number of rotatable bonds is 2. The van der Waals surface area contributed by atoms with Gasteiger partial charge >= 0.3 is 0 Å². The van der Waals surface area contributed by atoms with Gasteiger partial charge in [0.15, 0.2) is 0 Å². The predicted molar refractivity (Wildman–Crippen MR) is 48.7 cm³/mol. The number of nitrogens with one attached hydrogen (secondary N) is 2. The summed E-state index contributed by atoms with van der Waals surface area (Å²) in [6, 6.07) is 0. The van der Waals surface area contributed by atoms with E-state index < -0.39 is 0 Å². The molecular weight excluding hydrogens is 156 g/mol. The third-order valence-corrected chi connectivity index (χ3v) is 0.851. The largest absolute Gasteiger partial charge is 0.357 e. The van der Waals surface area contributed by atoms with Gasteiger partial charge in [-0.15, -0.1) is 0 Å². The minimum absolute atomic E-state index is 0.0394. The maximum atomic E-state index is 9.93. The van der Waals surface area contributed by atoms with Crippen LogP contribution < -0.4 is 10.6 Å². The Balaban J connectivity index is 0. The molecule has 2 amide bonds. The van der Waals surface area contributed by atoms with Crippen LogP contribution in [0, 0.1) is 0 Å². The lowest BCUT2D eigenvalue weighted by Gasteiger charge is -1.88. The molecule has 0 rings (SSSR count). The van der Waals surface area contributed by atoms with E-state index in [9.17, 15) is 9.59 Å². The molecule has 12 heavy (non-hydrogen) atoms. The van der Waals surface area contributed by atoms with Gasteiger partial charge in [-0.2, -0.15) is 0 Å². The van der Waals surface area contributed by atoms with Gasteiger partial charge in [-0.25, -0.2) is 0 Å². The maximum absolute atomic E-state index is 9.93. The van der Waals surface area contributed by atoms with Gasteiger partial charge in [-0.3, -0.25) is 9.59 Å². The van der Waals surface area contributed by atoms with Gasteiger partial charge in [0.25, 0.3) is 0 Å². The molecule has 0 aromatic heterocycles. The quantitative estimate of drug-likeness (QED) is 0.632. The van der Waals surface area contributed by atoms with Gasteiger partial charge in [0.05, 0.1) is 0 Å². The Labute approximate surface area is 73.7 Å². The summed E-state index contributed by atoms with van der Waals surface area (Å²) in [6.45, 7) is 8.25. The van der Waals surface area contributed by atoms with E-state index >= 15 is 0 Å². The molecule has 0 aliphatic heterocycles. The summed E-state index contributed by atoms with van der Waals surface area (Å²) in [7, 11) is 0. The van der Waals surface area contributed by atoms with Crippen molar-refractivity contribution in [3.63, 3.8) is 0 Å². The van der Waals surface area contributed by atoms with Crippen LogP contribution in [0.3, 0.4) is 0 Å². The summed E-state index contributed by atoms with van der Waals surface area (Å²) >= 11 is 0. The highest BCUT2D eigenvalue weighted by molar-refractivity contribution is 5.72. The van der Waals surface area contributed by atoms with Crippen LogP contribution in [0.1, 0.15) is 27.7 Å². The van der Waals surface area contributed by atoms with Gasteiger partial charge in [-0.1, -0.05) is 0 Å². The molecule has 0 spiro atoms. The molecule has 0 heterocycles. The lowest BCUT2D eigenvalue weighted by atomic mass is 10.6. The van der Waals surface area contributed by atoms with Crippen LogP contribution in [-0.4, -0.2) is 24.9 Å². The molecule has 0 aliphatic rings. The van der Waals surface area contributed by atoms with Crippen LogP contribution in [0.5, 0.6) is 0 Å². The van der Waals surface area contributed by atoms with Crippen LogP contribution >= 0.6 is 0 Å². The monoisotopic (exact) mass is 174 g/mol. The van der Waals surface area contributed by atoms with E-state index in [1.54, 1.807) is 0 Å². The molecular formula is C8H18N2O2. The molecule has 4 nitrogen and oxygen atoms in total. The summed E-state index contributed by atoms with van der Waals surface area (Å²) < 4.78 is 0. The van der Waals surface area contributed by atoms with Gasteiger partial charge in [0, 0.05) is 26.9 Å². The average molecular weight is 174 g/mol. The second-order valence-electron chi connectivity index (χ2n) is 2.17. The minimum atomic E-state index is 0.0394. The molecule has 0 saturated carbocycles. The highest BCUT2D eigenvalue weighted by Crippen LogP contribution is 1.54. The van der Waals surface area contributed by atoms with Crippen LogP contribution in [0.25, 0.3) is 0 Å². The van der Waals surface area contributed by atoms with E-state index in [1.807, 2.05) is 13.8 Å². The van der Waals surface area contributed by atoms with E-state index in [4.69, 9.17) is 0 Å². The molecule has 0 aromatic carbocycles. The zero-order valence-electron chi connectivity index (χ0n) is 8.23. The van der Waals surface area contributed by atoms with Gasteiger partial charge in [-0.05, 0) is 13.8 Å². The fraction of sp³-hybridized carbons (Fsp3) is 0.750. The van der Waals surface area contributed by atoms with E-state index in [2.05, 4.69) is 10.6 Å². The van der Waals surface area contributed by atoms with Gasteiger partial charge < -0.3 is 10.6 Å². The van der Waals surface area contributed by atoms with Crippen LogP contribution in [0.2, 0.25) is 0 Å². The van der Waals surface area contributed by atoms with Crippen molar-refractivity contribution in [2.24, 2.45) is 0 Å². The zero-order chi connectivity index (χ0) is 9.98. The Morgan fingerprint density at radius 1 is 0.917 bits per heavy atom. The van der Waals surface area contributed by atoms with Crippen molar-refractivity contribution in [1.29, 1.82) is 0 Å². The fourth-order valence-electron chi connectivity index (χ4n) is 0.498. The average Bonchev–Trinajstić information content (AvgIpc) is 1.87. The number of carbonyl (C=O) groups is 2. The summed E-state index contributed by atoms with van der Waals surface area (Å²) in [5, 5.41) is 5.14. The predicted octanol–water partition coefficient (Wildman–Crippen LogP) is 0.285. The summed E-state index contributed by atoms with van der Waals surface area (Å²) in [4.78, 5) is 19.9. The number of amides is 2. The molecule has 0 bridgehead atoms. The Morgan fingerprint density at radius 3 is 1.17 bits per heavy atom. The maximum Gasteiger partial charge on any atom is 0.216 e. The molecule has 0 aliphatic carbocycles. The number of carbonyl (C=O) groups excluding carboxylic acids is 2. The molecule has 2 N–H and O–H groups in total. The van der Waals surface area contributed by atoms with Crippen molar-refractivity contribution in [2.75, 3.05) is 13.1 Å². The van der Waals surface area contributed by atoms with E-state index in [0.29, 0.717) is 0 Å². The van der Waals surface area contributed by atoms with E-state index in [0.717, 1.165) is 13.1 Å². The second kappa shape index (κ2) is 9.94. The van der Waals surface area contributed by atoms with Crippen LogP contribution in [0.4, 0.5) is 0 Å². The number of hydrogen-bond donors (Lipinski definition) is 2.